The van der Waals surface area contributed by atoms with Gasteiger partial charge < -0.3 is 4.74 Å². The first-order valence-electron chi connectivity index (χ1n) is 6.72. The fraction of sp³-hybridized carbons (Fsp3) is 0.133. The minimum Gasteiger partial charge on any atom is -0.466 e. The average Bonchev–Trinajstić information content (AvgIpc) is 2.99. The van der Waals surface area contributed by atoms with Gasteiger partial charge in [0.1, 0.15) is 17.3 Å². The molecule has 0 bridgehead atoms. The second-order valence-electron chi connectivity index (χ2n) is 4.80. The van der Waals surface area contributed by atoms with E-state index in [0.29, 0.717) is 6.08 Å². The van der Waals surface area contributed by atoms with E-state index in [1.165, 1.54) is 6.07 Å². The van der Waals surface area contributed by atoms with Gasteiger partial charge in [0.25, 0.3) is 0 Å². The molecule has 2 rings (SSSR count). The summed E-state index contributed by atoms with van der Waals surface area (Å²) in [5.74, 6) is -11.1. The third-order valence-corrected chi connectivity index (χ3v) is 3.24. The summed E-state index contributed by atoms with van der Waals surface area (Å²) < 4.78 is 98.2. The number of esters is 1. The second kappa shape index (κ2) is 7.10. The number of ether oxygens (including phenoxy) is 1. The Morgan fingerprint density at radius 2 is 1.74 bits per heavy atom. The van der Waals surface area contributed by atoms with E-state index in [2.05, 4.69) is 9.84 Å². The van der Waals surface area contributed by atoms with Gasteiger partial charge in [-0.1, -0.05) is 0 Å². The molecule has 0 saturated heterocycles. The van der Waals surface area contributed by atoms with Crippen molar-refractivity contribution in [2.45, 2.75) is 6.18 Å². The van der Waals surface area contributed by atoms with Crippen LogP contribution in [0.5, 0.6) is 0 Å². The first-order chi connectivity index (χ1) is 12.5. The molecular weight excluding hydrogens is 387 g/mol. The maximum atomic E-state index is 14.1. The molecule has 12 heteroatoms. The van der Waals surface area contributed by atoms with Crippen molar-refractivity contribution in [1.82, 2.24) is 9.78 Å². The molecule has 1 aromatic carbocycles. The summed E-state index contributed by atoms with van der Waals surface area (Å²) in [5.41, 5.74) is -5.31. The van der Waals surface area contributed by atoms with Gasteiger partial charge in [-0.2, -0.15) is 23.5 Å². The summed E-state index contributed by atoms with van der Waals surface area (Å²) in [5, 5.41) is 12.3. The zero-order chi connectivity index (χ0) is 20.5. The van der Waals surface area contributed by atoms with Crippen molar-refractivity contribution in [1.29, 1.82) is 5.26 Å². The van der Waals surface area contributed by atoms with Crippen molar-refractivity contribution >= 4 is 12.0 Å². The van der Waals surface area contributed by atoms with Crippen LogP contribution in [0.25, 0.3) is 11.8 Å². The summed E-state index contributed by atoms with van der Waals surface area (Å²) in [6, 6.07) is 1.53. The van der Waals surface area contributed by atoms with Crippen LogP contribution in [-0.2, 0) is 15.7 Å². The predicted molar refractivity (Wildman–Crippen MR) is 74.2 cm³/mol. The Kier molecular flexibility index (Phi) is 5.25. The molecule has 0 fully saturated rings. The zero-order valence-electron chi connectivity index (χ0n) is 13.0. The lowest BCUT2D eigenvalue weighted by atomic mass is 10.1. The number of halogens is 7. The minimum absolute atomic E-state index is 0.148. The molecule has 0 aliphatic heterocycles. The van der Waals surface area contributed by atoms with E-state index in [1.807, 2.05) is 0 Å². The van der Waals surface area contributed by atoms with Gasteiger partial charge in [0.15, 0.2) is 23.3 Å². The van der Waals surface area contributed by atoms with E-state index >= 15 is 0 Å². The average molecular weight is 393 g/mol. The number of carbonyl (C=O) groups excluding carboxylic acids is 1. The molecule has 0 spiro atoms. The van der Waals surface area contributed by atoms with E-state index in [0.717, 1.165) is 19.4 Å². The van der Waals surface area contributed by atoms with Gasteiger partial charge in [0.2, 0.25) is 0 Å². The van der Waals surface area contributed by atoms with E-state index in [1.54, 1.807) is 0 Å². The first-order valence-corrected chi connectivity index (χ1v) is 6.72. The Morgan fingerprint density at radius 1 is 1.19 bits per heavy atom. The SMILES string of the molecule is COC(=O)C=Cc1c(C#N)cnn1-c1c(F)c(F)c(C(F)(F)F)c(F)c1F. The van der Waals surface area contributed by atoms with Gasteiger partial charge >= 0.3 is 12.1 Å². The Balaban J connectivity index is 2.82. The minimum atomic E-state index is -5.70. The van der Waals surface area contributed by atoms with Crippen LogP contribution in [0.3, 0.4) is 0 Å². The van der Waals surface area contributed by atoms with E-state index in [4.69, 9.17) is 5.26 Å². The van der Waals surface area contributed by atoms with Gasteiger partial charge in [-0.15, -0.1) is 0 Å². The highest BCUT2D eigenvalue weighted by Crippen LogP contribution is 2.38. The van der Waals surface area contributed by atoms with Crippen molar-refractivity contribution < 1.29 is 40.3 Å². The molecule has 0 aliphatic rings. The highest BCUT2D eigenvalue weighted by molar-refractivity contribution is 5.87. The van der Waals surface area contributed by atoms with E-state index in [-0.39, 0.29) is 4.68 Å². The molecule has 0 N–H and O–H groups in total. The molecule has 0 unspecified atom stereocenters. The van der Waals surface area contributed by atoms with E-state index in [9.17, 15) is 35.5 Å². The predicted octanol–water partition coefficient (Wildman–Crippen LogP) is 3.51. The number of rotatable bonds is 3. The molecular formula is C15H6F7N3O2. The number of hydrogen-bond acceptors (Lipinski definition) is 4. The lowest BCUT2D eigenvalue weighted by molar-refractivity contribution is -0.143. The van der Waals surface area contributed by atoms with Crippen LogP contribution in [-0.4, -0.2) is 22.9 Å². The molecule has 0 saturated carbocycles. The fourth-order valence-electron chi connectivity index (χ4n) is 2.05. The molecule has 0 amide bonds. The van der Waals surface area contributed by atoms with Gasteiger partial charge in [0, 0.05) is 6.08 Å². The van der Waals surface area contributed by atoms with E-state index < -0.39 is 57.9 Å². The summed E-state index contributed by atoms with van der Waals surface area (Å²) >= 11 is 0. The lowest BCUT2D eigenvalue weighted by Gasteiger charge is -2.14. The lowest BCUT2D eigenvalue weighted by Crippen LogP contribution is -2.18. The van der Waals surface area contributed by atoms with Gasteiger partial charge in [-0.3, -0.25) is 0 Å². The molecule has 0 atom stereocenters. The number of hydrogen-bond donors (Lipinski definition) is 0. The summed E-state index contributed by atoms with van der Waals surface area (Å²) in [6.45, 7) is 0. The number of aromatic nitrogens is 2. The van der Waals surface area contributed by atoms with Crippen molar-refractivity contribution in [2.75, 3.05) is 7.11 Å². The van der Waals surface area contributed by atoms with Crippen LogP contribution >= 0.6 is 0 Å². The topological polar surface area (TPSA) is 67.9 Å². The number of methoxy groups -OCH3 is 1. The molecule has 27 heavy (non-hydrogen) atoms. The number of alkyl halides is 3. The van der Waals surface area contributed by atoms with Gasteiger partial charge in [-0.25, -0.2) is 27.0 Å². The normalized spacial score (nSPS) is 11.7. The molecule has 2 aromatic rings. The molecule has 0 radical (unpaired) electrons. The number of nitrogens with zero attached hydrogens (tertiary/aromatic N) is 3. The van der Waals surface area contributed by atoms with Crippen LogP contribution < -0.4 is 0 Å². The quantitative estimate of drug-likeness (QED) is 0.347. The van der Waals surface area contributed by atoms with Crippen molar-refractivity contribution in [3.05, 3.63) is 52.4 Å². The fourth-order valence-corrected chi connectivity index (χ4v) is 2.05. The number of nitriles is 1. The van der Waals surface area contributed by atoms with Crippen LogP contribution in [0.15, 0.2) is 12.3 Å². The molecule has 142 valence electrons. The largest absolute Gasteiger partial charge is 0.466 e. The monoisotopic (exact) mass is 393 g/mol. The second-order valence-corrected chi connectivity index (χ2v) is 4.80. The maximum Gasteiger partial charge on any atom is 0.422 e. The summed E-state index contributed by atoms with van der Waals surface area (Å²) in [7, 11) is 0.995. The van der Waals surface area contributed by atoms with Gasteiger partial charge in [-0.05, 0) is 6.08 Å². The third kappa shape index (κ3) is 3.48. The Morgan fingerprint density at radius 3 is 2.19 bits per heavy atom. The van der Waals surface area contributed by atoms with Crippen LogP contribution in [0, 0.1) is 34.6 Å². The maximum absolute atomic E-state index is 14.1. The number of benzene rings is 1. The molecule has 1 aromatic heterocycles. The van der Waals surface area contributed by atoms with Crippen molar-refractivity contribution in [3.8, 4) is 11.8 Å². The summed E-state index contributed by atoms with van der Waals surface area (Å²) in [4.78, 5) is 11.1. The molecule has 5 nitrogen and oxygen atoms in total. The molecule has 1 heterocycles. The Labute approximate surface area is 145 Å². The third-order valence-electron chi connectivity index (χ3n) is 3.24. The first kappa shape index (κ1) is 20.0. The van der Waals surface area contributed by atoms with Crippen molar-refractivity contribution in [2.24, 2.45) is 0 Å². The zero-order valence-corrected chi connectivity index (χ0v) is 13.0. The Bertz CT molecular complexity index is 958. The standard InChI is InChI=1S/C15H6F7N3O2/c1-27-8(26)3-2-7-6(4-23)5-24-25(7)14-12(18)10(16)9(15(20,21)22)11(17)13(14)19/h2-3,5H,1H3. The van der Waals surface area contributed by atoms with Crippen molar-refractivity contribution in [3.63, 3.8) is 0 Å². The van der Waals surface area contributed by atoms with Gasteiger partial charge in [0.05, 0.1) is 24.6 Å². The van der Waals surface area contributed by atoms with Crippen LogP contribution in [0.2, 0.25) is 0 Å². The summed E-state index contributed by atoms with van der Waals surface area (Å²) in [6.07, 6.45) is -3.50. The Hall–Kier alpha value is -3.36. The number of carbonyl (C=O) groups is 1. The van der Waals surface area contributed by atoms with Crippen LogP contribution in [0.4, 0.5) is 30.7 Å². The smallest absolute Gasteiger partial charge is 0.422 e. The highest BCUT2D eigenvalue weighted by Gasteiger charge is 2.43. The van der Waals surface area contributed by atoms with Crippen LogP contribution in [0.1, 0.15) is 16.8 Å². The molecule has 0 aliphatic carbocycles. The highest BCUT2D eigenvalue weighted by atomic mass is 19.4.